The van der Waals surface area contributed by atoms with Crippen LogP contribution in [0.25, 0.3) is 0 Å². The molecule has 0 aliphatic heterocycles. The summed E-state index contributed by atoms with van der Waals surface area (Å²) < 4.78 is 39.9. The number of pyridine rings is 1. The molecular formula is C9H6F3N3O3. The molecule has 0 unspecified atom stereocenters. The highest BCUT2D eigenvalue weighted by Crippen LogP contribution is 2.31. The van der Waals surface area contributed by atoms with Crippen molar-refractivity contribution in [3.05, 3.63) is 27.4 Å². The van der Waals surface area contributed by atoms with Crippen LogP contribution in [0.1, 0.15) is 11.1 Å². The topological polar surface area (TPSA) is 89.1 Å². The number of nitriles is 1. The average Bonchev–Trinajstić information content (AvgIpc) is 2.21. The standard InChI is InChI=1S/C9H6F3N3O3/c1-5-6(2-3-13)7(18-9(10,11)12)4-14-8(5)15(16)17/h4H,2H2,1H3. The van der Waals surface area contributed by atoms with Gasteiger partial charge in [0.15, 0.2) is 11.9 Å². The number of rotatable bonds is 3. The van der Waals surface area contributed by atoms with E-state index in [2.05, 4.69) is 9.72 Å². The molecule has 18 heavy (non-hydrogen) atoms. The Morgan fingerprint density at radius 3 is 2.67 bits per heavy atom. The molecule has 96 valence electrons. The molecule has 0 bridgehead atoms. The molecule has 0 radical (unpaired) electrons. The van der Waals surface area contributed by atoms with E-state index in [1.165, 1.54) is 6.92 Å². The summed E-state index contributed by atoms with van der Waals surface area (Å²) in [6.45, 7) is 1.21. The van der Waals surface area contributed by atoms with Crippen LogP contribution >= 0.6 is 0 Å². The fourth-order valence-electron chi connectivity index (χ4n) is 1.31. The van der Waals surface area contributed by atoms with Crippen LogP contribution in [0.15, 0.2) is 6.20 Å². The van der Waals surface area contributed by atoms with E-state index in [1.54, 1.807) is 6.07 Å². The molecule has 0 fully saturated rings. The average molecular weight is 261 g/mol. The highest BCUT2D eigenvalue weighted by Gasteiger charge is 2.34. The van der Waals surface area contributed by atoms with Crippen LogP contribution in [-0.4, -0.2) is 16.3 Å². The summed E-state index contributed by atoms with van der Waals surface area (Å²) in [6.07, 6.45) is -4.81. The SMILES string of the molecule is Cc1c([N+](=O)[O-])ncc(OC(F)(F)F)c1CC#N. The quantitative estimate of drug-likeness (QED) is 0.615. The van der Waals surface area contributed by atoms with E-state index in [0.29, 0.717) is 6.20 Å². The van der Waals surface area contributed by atoms with E-state index < -0.39 is 29.3 Å². The Kier molecular flexibility index (Phi) is 3.70. The molecule has 1 rings (SSSR count). The van der Waals surface area contributed by atoms with Gasteiger partial charge in [0, 0.05) is 5.56 Å². The first-order chi connectivity index (χ1) is 8.26. The van der Waals surface area contributed by atoms with Crippen molar-refractivity contribution in [1.82, 2.24) is 4.98 Å². The molecule has 1 heterocycles. The predicted octanol–water partition coefficient (Wildman–Crippen LogP) is 2.26. The minimum absolute atomic E-state index is 0.122. The Labute approximate surface area is 98.8 Å². The predicted molar refractivity (Wildman–Crippen MR) is 51.6 cm³/mol. The first-order valence-corrected chi connectivity index (χ1v) is 4.52. The third kappa shape index (κ3) is 3.07. The summed E-state index contributed by atoms with van der Waals surface area (Å²) in [7, 11) is 0. The van der Waals surface area contributed by atoms with Gasteiger partial charge >= 0.3 is 12.2 Å². The maximum absolute atomic E-state index is 12.1. The lowest BCUT2D eigenvalue weighted by molar-refractivity contribution is -0.390. The van der Waals surface area contributed by atoms with Gasteiger partial charge in [-0.1, -0.05) is 0 Å². The molecule has 0 saturated carbocycles. The Balaban J connectivity index is 3.33. The molecule has 1 aromatic heterocycles. The van der Waals surface area contributed by atoms with Crippen molar-refractivity contribution in [2.45, 2.75) is 19.7 Å². The second-order valence-electron chi connectivity index (χ2n) is 3.19. The molecular weight excluding hydrogens is 255 g/mol. The molecule has 0 saturated heterocycles. The van der Waals surface area contributed by atoms with Gasteiger partial charge in [0.1, 0.15) is 0 Å². The van der Waals surface area contributed by atoms with E-state index in [9.17, 15) is 23.3 Å². The largest absolute Gasteiger partial charge is 0.573 e. The number of hydrogen-bond acceptors (Lipinski definition) is 5. The van der Waals surface area contributed by atoms with E-state index >= 15 is 0 Å². The van der Waals surface area contributed by atoms with Crippen molar-refractivity contribution in [2.75, 3.05) is 0 Å². The van der Waals surface area contributed by atoms with Gasteiger partial charge in [-0.2, -0.15) is 5.26 Å². The fourth-order valence-corrected chi connectivity index (χ4v) is 1.31. The summed E-state index contributed by atoms with van der Waals surface area (Å²) in [5.74, 6) is -1.30. The second-order valence-corrected chi connectivity index (χ2v) is 3.19. The summed E-state index contributed by atoms with van der Waals surface area (Å²) in [5.41, 5.74) is -0.320. The second kappa shape index (κ2) is 4.87. The molecule has 6 nitrogen and oxygen atoms in total. The smallest absolute Gasteiger partial charge is 0.401 e. The summed E-state index contributed by atoms with van der Waals surface area (Å²) in [6, 6.07) is 1.62. The first kappa shape index (κ1) is 13.7. The van der Waals surface area contributed by atoms with Crippen molar-refractivity contribution in [2.24, 2.45) is 0 Å². The van der Waals surface area contributed by atoms with Crippen molar-refractivity contribution in [1.29, 1.82) is 5.26 Å². The number of aromatic nitrogens is 1. The molecule has 0 N–H and O–H groups in total. The normalized spacial score (nSPS) is 10.8. The van der Waals surface area contributed by atoms with E-state index in [0.717, 1.165) is 0 Å². The monoisotopic (exact) mass is 261 g/mol. The van der Waals surface area contributed by atoms with Crippen molar-refractivity contribution in [3.63, 3.8) is 0 Å². The molecule has 0 atom stereocenters. The van der Waals surface area contributed by atoms with Crippen LogP contribution in [0.5, 0.6) is 5.75 Å². The molecule has 0 aliphatic carbocycles. The van der Waals surface area contributed by atoms with Gasteiger partial charge < -0.3 is 14.9 Å². The number of nitrogens with zero attached hydrogens (tertiary/aromatic N) is 3. The maximum atomic E-state index is 12.1. The molecule has 0 aliphatic rings. The zero-order valence-electron chi connectivity index (χ0n) is 8.98. The van der Waals surface area contributed by atoms with Crippen molar-refractivity contribution >= 4 is 5.82 Å². The summed E-state index contributed by atoms with van der Waals surface area (Å²) in [4.78, 5) is 13.0. The molecule has 0 aromatic carbocycles. The molecule has 1 aromatic rings. The van der Waals surface area contributed by atoms with Crippen LogP contribution < -0.4 is 4.74 Å². The van der Waals surface area contributed by atoms with Gasteiger partial charge in [-0.05, 0) is 16.8 Å². The zero-order valence-corrected chi connectivity index (χ0v) is 8.98. The Hall–Kier alpha value is -2.37. The van der Waals surface area contributed by atoms with Gasteiger partial charge in [-0.25, -0.2) is 0 Å². The lowest BCUT2D eigenvalue weighted by Gasteiger charge is -2.11. The lowest BCUT2D eigenvalue weighted by atomic mass is 10.1. The maximum Gasteiger partial charge on any atom is 0.573 e. The van der Waals surface area contributed by atoms with Gasteiger partial charge in [-0.3, -0.25) is 0 Å². The van der Waals surface area contributed by atoms with E-state index in [4.69, 9.17) is 5.26 Å². The summed E-state index contributed by atoms with van der Waals surface area (Å²) in [5, 5.41) is 19.1. The lowest BCUT2D eigenvalue weighted by Crippen LogP contribution is -2.19. The van der Waals surface area contributed by atoms with E-state index in [-0.39, 0.29) is 11.1 Å². The third-order valence-electron chi connectivity index (χ3n) is 2.04. The van der Waals surface area contributed by atoms with Gasteiger partial charge in [-0.15, -0.1) is 13.2 Å². The van der Waals surface area contributed by atoms with Crippen molar-refractivity contribution < 1.29 is 22.8 Å². The number of ether oxygens (including phenoxy) is 1. The van der Waals surface area contributed by atoms with Crippen LogP contribution in [0.3, 0.4) is 0 Å². The van der Waals surface area contributed by atoms with Crippen molar-refractivity contribution in [3.8, 4) is 11.8 Å². The van der Waals surface area contributed by atoms with Gasteiger partial charge in [0.05, 0.1) is 18.1 Å². The Bertz CT molecular complexity index is 522. The van der Waals surface area contributed by atoms with Gasteiger partial charge in [0.2, 0.25) is 0 Å². The highest BCUT2D eigenvalue weighted by molar-refractivity contribution is 5.47. The fraction of sp³-hybridized carbons (Fsp3) is 0.333. The molecule has 0 amide bonds. The molecule has 9 heteroatoms. The van der Waals surface area contributed by atoms with Crippen LogP contribution in [0.2, 0.25) is 0 Å². The number of nitro groups is 1. The third-order valence-corrected chi connectivity index (χ3v) is 2.04. The molecule has 0 spiro atoms. The summed E-state index contributed by atoms with van der Waals surface area (Å²) >= 11 is 0. The minimum Gasteiger partial charge on any atom is -0.401 e. The van der Waals surface area contributed by atoms with Crippen LogP contribution in [-0.2, 0) is 6.42 Å². The number of alkyl halides is 3. The highest BCUT2D eigenvalue weighted by atomic mass is 19.4. The first-order valence-electron chi connectivity index (χ1n) is 4.52. The van der Waals surface area contributed by atoms with Crippen LogP contribution in [0.4, 0.5) is 19.0 Å². The minimum atomic E-state index is -4.95. The Morgan fingerprint density at radius 1 is 1.61 bits per heavy atom. The van der Waals surface area contributed by atoms with E-state index in [1.807, 2.05) is 0 Å². The number of hydrogen-bond donors (Lipinski definition) is 0. The number of halogens is 3. The Morgan fingerprint density at radius 2 is 2.22 bits per heavy atom. The van der Waals surface area contributed by atoms with Gasteiger partial charge in [0.25, 0.3) is 0 Å². The van der Waals surface area contributed by atoms with Crippen LogP contribution in [0, 0.1) is 28.4 Å². The zero-order chi connectivity index (χ0) is 13.9.